The fourth-order valence-corrected chi connectivity index (χ4v) is 2.32. The number of rotatable bonds is 5. The summed E-state index contributed by atoms with van der Waals surface area (Å²) in [7, 11) is 0. The van der Waals surface area contributed by atoms with Gasteiger partial charge in [-0.05, 0) is 19.1 Å². The average Bonchev–Trinajstić information content (AvgIpc) is 2.25. The molecule has 0 saturated carbocycles. The molecule has 1 aromatic rings. The number of nitrogens with one attached hydrogen (secondary N) is 1. The van der Waals surface area contributed by atoms with E-state index in [0.717, 1.165) is 4.47 Å². The summed E-state index contributed by atoms with van der Waals surface area (Å²) in [5.41, 5.74) is -0.705. The number of hydrogen-bond acceptors (Lipinski definition) is 2. The Morgan fingerprint density at radius 2 is 2.35 bits per heavy atom. The molecule has 0 bridgehead atoms. The van der Waals surface area contributed by atoms with Gasteiger partial charge in [-0.15, -0.1) is 6.58 Å². The molecule has 1 aromatic carbocycles. The molecule has 0 aliphatic carbocycles. The lowest BCUT2D eigenvalue weighted by Crippen LogP contribution is -2.46. The molecule has 17 heavy (non-hydrogen) atoms. The van der Waals surface area contributed by atoms with Crippen LogP contribution in [-0.2, 0) is 10.3 Å². The Bertz CT molecular complexity index is 450. The van der Waals surface area contributed by atoms with E-state index in [4.69, 9.17) is 11.6 Å². The zero-order valence-corrected chi connectivity index (χ0v) is 11.7. The van der Waals surface area contributed by atoms with E-state index >= 15 is 0 Å². The molecule has 0 aliphatic rings. The first-order valence-electron chi connectivity index (χ1n) is 4.96. The van der Waals surface area contributed by atoms with E-state index in [1.165, 1.54) is 0 Å². The summed E-state index contributed by atoms with van der Waals surface area (Å²) >= 11 is 9.36. The molecule has 0 spiro atoms. The first kappa shape index (κ1) is 14.2. The zero-order valence-electron chi connectivity index (χ0n) is 9.34. The SMILES string of the molecule is C=CCNC(C)(C(=O)O)c1ccc(Br)cc1Cl. The van der Waals surface area contributed by atoms with Crippen molar-refractivity contribution < 1.29 is 9.90 Å². The summed E-state index contributed by atoms with van der Waals surface area (Å²) in [5.74, 6) is -0.983. The van der Waals surface area contributed by atoms with Crippen LogP contribution in [0, 0.1) is 0 Å². The minimum Gasteiger partial charge on any atom is -0.480 e. The molecular weight excluding hydrogens is 305 g/mol. The van der Waals surface area contributed by atoms with Gasteiger partial charge in [-0.2, -0.15) is 0 Å². The number of benzene rings is 1. The highest BCUT2D eigenvalue weighted by Gasteiger charge is 2.36. The maximum atomic E-state index is 11.4. The molecule has 0 amide bonds. The molecular formula is C12H13BrClNO2. The van der Waals surface area contributed by atoms with Gasteiger partial charge in [-0.1, -0.05) is 39.7 Å². The summed E-state index contributed by atoms with van der Waals surface area (Å²) in [6, 6.07) is 5.13. The molecule has 0 aromatic heterocycles. The maximum Gasteiger partial charge on any atom is 0.328 e. The minimum absolute atomic E-state index is 0.384. The smallest absolute Gasteiger partial charge is 0.328 e. The van der Waals surface area contributed by atoms with Crippen molar-refractivity contribution in [1.82, 2.24) is 5.32 Å². The van der Waals surface area contributed by atoms with Gasteiger partial charge in [0.1, 0.15) is 5.54 Å². The molecule has 0 saturated heterocycles. The highest BCUT2D eigenvalue weighted by Crippen LogP contribution is 2.30. The zero-order chi connectivity index (χ0) is 13.1. The second kappa shape index (κ2) is 5.67. The van der Waals surface area contributed by atoms with Crippen molar-refractivity contribution >= 4 is 33.5 Å². The van der Waals surface area contributed by atoms with Crippen molar-refractivity contribution in [2.24, 2.45) is 0 Å². The van der Waals surface area contributed by atoms with Crippen LogP contribution in [0.3, 0.4) is 0 Å². The minimum atomic E-state index is -1.23. The van der Waals surface area contributed by atoms with Crippen LogP contribution in [0.25, 0.3) is 0 Å². The lowest BCUT2D eigenvalue weighted by Gasteiger charge is -2.27. The average molecular weight is 319 g/mol. The molecule has 2 N–H and O–H groups in total. The van der Waals surface area contributed by atoms with Gasteiger partial charge < -0.3 is 5.11 Å². The molecule has 0 aliphatic heterocycles. The summed E-state index contributed by atoms with van der Waals surface area (Å²) in [6.07, 6.45) is 1.61. The topological polar surface area (TPSA) is 49.3 Å². The first-order valence-corrected chi connectivity index (χ1v) is 6.13. The van der Waals surface area contributed by atoms with Crippen LogP contribution >= 0.6 is 27.5 Å². The van der Waals surface area contributed by atoms with Crippen molar-refractivity contribution in [1.29, 1.82) is 0 Å². The molecule has 0 fully saturated rings. The van der Waals surface area contributed by atoms with Crippen molar-refractivity contribution in [2.45, 2.75) is 12.5 Å². The van der Waals surface area contributed by atoms with Gasteiger partial charge in [0.2, 0.25) is 0 Å². The van der Waals surface area contributed by atoms with E-state index in [2.05, 4.69) is 27.8 Å². The number of carboxylic acids is 1. The van der Waals surface area contributed by atoms with Crippen LogP contribution in [0.2, 0.25) is 5.02 Å². The number of hydrogen-bond donors (Lipinski definition) is 2. The van der Waals surface area contributed by atoms with E-state index in [-0.39, 0.29) is 0 Å². The Morgan fingerprint density at radius 1 is 1.71 bits per heavy atom. The van der Waals surface area contributed by atoms with E-state index in [1.807, 2.05) is 0 Å². The van der Waals surface area contributed by atoms with Gasteiger partial charge in [-0.3, -0.25) is 5.32 Å². The van der Waals surface area contributed by atoms with Crippen LogP contribution in [0.1, 0.15) is 12.5 Å². The maximum absolute atomic E-state index is 11.4. The van der Waals surface area contributed by atoms with E-state index < -0.39 is 11.5 Å². The third-order valence-electron chi connectivity index (χ3n) is 2.50. The molecule has 3 nitrogen and oxygen atoms in total. The second-order valence-electron chi connectivity index (χ2n) is 3.72. The van der Waals surface area contributed by atoms with Crippen molar-refractivity contribution in [3.8, 4) is 0 Å². The summed E-state index contributed by atoms with van der Waals surface area (Å²) in [4.78, 5) is 11.4. The van der Waals surface area contributed by atoms with Crippen LogP contribution < -0.4 is 5.32 Å². The quantitative estimate of drug-likeness (QED) is 0.820. The normalized spacial score (nSPS) is 14.1. The Morgan fingerprint density at radius 3 is 2.82 bits per heavy atom. The fourth-order valence-electron chi connectivity index (χ4n) is 1.46. The first-order chi connectivity index (χ1) is 7.91. The van der Waals surface area contributed by atoms with E-state index in [1.54, 1.807) is 31.2 Å². The predicted octanol–water partition coefficient (Wildman–Crippen LogP) is 3.18. The molecule has 5 heteroatoms. The Hall–Kier alpha value is -0.840. The van der Waals surface area contributed by atoms with Gasteiger partial charge in [-0.25, -0.2) is 4.79 Å². The Balaban J connectivity index is 3.22. The van der Waals surface area contributed by atoms with Gasteiger partial charge >= 0.3 is 5.97 Å². The van der Waals surface area contributed by atoms with Gasteiger partial charge in [0.05, 0.1) is 0 Å². The monoisotopic (exact) mass is 317 g/mol. The van der Waals surface area contributed by atoms with Crippen LogP contribution in [0.4, 0.5) is 0 Å². The second-order valence-corrected chi connectivity index (χ2v) is 5.05. The summed E-state index contributed by atoms with van der Waals surface area (Å²) in [6.45, 7) is 5.52. The number of carbonyl (C=O) groups is 1. The molecule has 1 unspecified atom stereocenters. The molecule has 92 valence electrons. The van der Waals surface area contributed by atoms with Gasteiger partial charge in [0.15, 0.2) is 0 Å². The van der Waals surface area contributed by atoms with E-state index in [9.17, 15) is 9.90 Å². The Labute approximate surface area is 114 Å². The summed E-state index contributed by atoms with van der Waals surface area (Å²) in [5, 5.41) is 12.6. The number of carboxylic acid groups (broad SMARTS) is 1. The van der Waals surface area contributed by atoms with Gasteiger partial charge in [0, 0.05) is 21.6 Å². The van der Waals surface area contributed by atoms with E-state index in [0.29, 0.717) is 17.1 Å². The molecule has 0 heterocycles. The predicted molar refractivity (Wildman–Crippen MR) is 72.3 cm³/mol. The highest BCUT2D eigenvalue weighted by molar-refractivity contribution is 9.10. The van der Waals surface area contributed by atoms with Crippen molar-refractivity contribution in [3.63, 3.8) is 0 Å². The van der Waals surface area contributed by atoms with Crippen LogP contribution in [0.5, 0.6) is 0 Å². The molecule has 1 atom stereocenters. The standard InChI is InChI=1S/C12H13BrClNO2/c1-3-6-15-12(2,11(16)17)9-5-4-8(13)7-10(9)14/h3-5,7,15H,1,6H2,2H3,(H,16,17). The Kier molecular flexibility index (Phi) is 4.74. The van der Waals surface area contributed by atoms with Gasteiger partial charge in [0.25, 0.3) is 0 Å². The fraction of sp³-hybridized carbons (Fsp3) is 0.250. The molecule has 0 radical (unpaired) electrons. The third kappa shape index (κ3) is 3.09. The van der Waals surface area contributed by atoms with Crippen molar-refractivity contribution in [2.75, 3.05) is 6.54 Å². The number of halogens is 2. The van der Waals surface area contributed by atoms with Crippen LogP contribution in [-0.4, -0.2) is 17.6 Å². The number of aliphatic carboxylic acids is 1. The lowest BCUT2D eigenvalue weighted by molar-refractivity contribution is -0.144. The lowest BCUT2D eigenvalue weighted by atomic mass is 9.92. The third-order valence-corrected chi connectivity index (χ3v) is 3.30. The molecule has 1 rings (SSSR count). The largest absolute Gasteiger partial charge is 0.480 e. The highest BCUT2D eigenvalue weighted by atomic mass is 79.9. The summed E-state index contributed by atoms with van der Waals surface area (Å²) < 4.78 is 0.808. The van der Waals surface area contributed by atoms with Crippen molar-refractivity contribution in [3.05, 3.63) is 45.9 Å². The van der Waals surface area contributed by atoms with Crippen LogP contribution in [0.15, 0.2) is 35.3 Å².